The van der Waals surface area contributed by atoms with Crippen molar-refractivity contribution >= 4 is 50.6 Å². The van der Waals surface area contributed by atoms with Crippen LogP contribution >= 0.6 is 27.7 Å². The number of aromatic hydroxyl groups is 2. The van der Waals surface area contributed by atoms with Gasteiger partial charge in [-0.2, -0.15) is 10.1 Å². The van der Waals surface area contributed by atoms with E-state index in [1.165, 1.54) is 11.8 Å². The highest BCUT2D eigenvalue weighted by molar-refractivity contribution is 9.10. The molecule has 0 bridgehead atoms. The second-order valence-corrected chi connectivity index (χ2v) is 9.84. The number of hydrazone groups is 1. The second-order valence-electron chi connectivity index (χ2n) is 7.91. The average molecular weight is 550 g/mol. The Bertz CT molecular complexity index is 1400. The molecule has 0 spiro atoms. The highest BCUT2D eigenvalue weighted by atomic mass is 79.9. The fraction of sp³-hybridized carbons (Fsp3) is 0.115. The molecule has 176 valence electrons. The number of methoxy groups -OCH3 is 1. The van der Waals surface area contributed by atoms with Gasteiger partial charge >= 0.3 is 0 Å². The number of phenols is 2. The summed E-state index contributed by atoms with van der Waals surface area (Å²) in [6.45, 7) is 0. The molecule has 5 rings (SSSR count). The van der Waals surface area contributed by atoms with Crippen LogP contribution in [-0.2, 0) is 4.79 Å². The van der Waals surface area contributed by atoms with E-state index < -0.39 is 5.91 Å². The van der Waals surface area contributed by atoms with Gasteiger partial charge in [-0.05, 0) is 71.9 Å². The van der Waals surface area contributed by atoms with Gasteiger partial charge in [0.2, 0.25) is 0 Å². The molecule has 0 radical (unpaired) electrons. The number of thioether (sulfide) groups is 1. The smallest absolute Gasteiger partial charge is 0.286 e. The Kier molecular flexibility index (Phi) is 6.36. The van der Waals surface area contributed by atoms with Gasteiger partial charge in [0.25, 0.3) is 5.91 Å². The lowest BCUT2D eigenvalue weighted by Crippen LogP contribution is -2.23. The van der Waals surface area contributed by atoms with Crippen LogP contribution in [0.5, 0.6) is 17.2 Å². The molecular formula is C26H20BrN3O4S. The van der Waals surface area contributed by atoms with Gasteiger partial charge in [0.05, 0.1) is 23.8 Å². The number of benzene rings is 3. The lowest BCUT2D eigenvalue weighted by molar-refractivity contribution is -0.113. The van der Waals surface area contributed by atoms with Crippen LogP contribution in [-0.4, -0.2) is 39.1 Å². The van der Waals surface area contributed by atoms with E-state index in [9.17, 15) is 15.0 Å². The van der Waals surface area contributed by atoms with Crippen LogP contribution in [0.4, 0.5) is 0 Å². The number of para-hydroxylation sites is 1. The predicted molar refractivity (Wildman–Crippen MR) is 141 cm³/mol. The molecule has 1 amide bonds. The highest BCUT2D eigenvalue weighted by Crippen LogP contribution is 2.42. The summed E-state index contributed by atoms with van der Waals surface area (Å²) in [5.41, 5.74) is 2.92. The van der Waals surface area contributed by atoms with Crippen molar-refractivity contribution in [2.75, 3.05) is 7.11 Å². The van der Waals surface area contributed by atoms with Crippen LogP contribution < -0.4 is 4.74 Å². The zero-order chi connectivity index (χ0) is 24.5. The summed E-state index contributed by atoms with van der Waals surface area (Å²) in [7, 11) is 1.61. The third-order valence-corrected chi connectivity index (χ3v) is 7.18. The second kappa shape index (κ2) is 9.59. The van der Waals surface area contributed by atoms with Crippen molar-refractivity contribution in [3.8, 4) is 17.2 Å². The van der Waals surface area contributed by atoms with Crippen LogP contribution in [0.1, 0.15) is 29.2 Å². The van der Waals surface area contributed by atoms with Gasteiger partial charge in [-0.25, -0.2) is 5.01 Å². The fourth-order valence-electron chi connectivity index (χ4n) is 3.93. The van der Waals surface area contributed by atoms with Crippen molar-refractivity contribution < 1.29 is 19.7 Å². The summed E-state index contributed by atoms with van der Waals surface area (Å²) in [5, 5.41) is 27.7. The normalized spacial score (nSPS) is 18.7. The maximum absolute atomic E-state index is 12.8. The predicted octanol–water partition coefficient (Wildman–Crippen LogP) is 5.69. The van der Waals surface area contributed by atoms with Crippen molar-refractivity contribution in [3.05, 3.63) is 92.8 Å². The number of carbonyl (C=O) groups excluding carboxylic acids is 1. The third-order valence-electron chi connectivity index (χ3n) is 5.71. The first-order valence-electron chi connectivity index (χ1n) is 10.7. The summed E-state index contributed by atoms with van der Waals surface area (Å²) in [6, 6.07) is 19.4. The number of carbonyl (C=O) groups is 1. The first-order valence-corrected chi connectivity index (χ1v) is 12.3. The number of ether oxygens (including phenoxy) is 1. The minimum absolute atomic E-state index is 0.0654. The number of halogens is 1. The zero-order valence-corrected chi connectivity index (χ0v) is 21.0. The lowest BCUT2D eigenvalue weighted by Gasteiger charge is -2.23. The first-order chi connectivity index (χ1) is 16.9. The number of aliphatic imine (C=N–C) groups is 1. The zero-order valence-electron chi connectivity index (χ0n) is 18.6. The monoisotopic (exact) mass is 549 g/mol. The molecule has 0 saturated heterocycles. The Balaban J connectivity index is 1.50. The van der Waals surface area contributed by atoms with Crippen molar-refractivity contribution in [1.82, 2.24) is 5.01 Å². The van der Waals surface area contributed by atoms with E-state index in [4.69, 9.17) is 9.84 Å². The molecule has 3 aromatic carbocycles. The number of hydrogen-bond acceptors (Lipinski definition) is 7. The van der Waals surface area contributed by atoms with Gasteiger partial charge in [-0.1, -0.05) is 34.1 Å². The molecule has 0 aliphatic carbocycles. The molecule has 1 atom stereocenters. The highest BCUT2D eigenvalue weighted by Gasteiger charge is 2.37. The lowest BCUT2D eigenvalue weighted by atomic mass is 9.98. The average Bonchev–Trinajstić information content (AvgIpc) is 3.46. The molecule has 2 aliphatic rings. The Morgan fingerprint density at radius 2 is 1.86 bits per heavy atom. The molecule has 3 aromatic rings. The number of rotatable bonds is 4. The summed E-state index contributed by atoms with van der Waals surface area (Å²) in [5.74, 6) is 0.552. The van der Waals surface area contributed by atoms with Gasteiger partial charge in [-0.15, -0.1) is 0 Å². The fourth-order valence-corrected chi connectivity index (χ4v) is 5.22. The maximum atomic E-state index is 12.8. The molecule has 0 fully saturated rings. The number of hydrogen-bond donors (Lipinski definition) is 2. The summed E-state index contributed by atoms with van der Waals surface area (Å²) in [4.78, 5) is 17.4. The van der Waals surface area contributed by atoms with Crippen LogP contribution in [0.2, 0.25) is 0 Å². The molecule has 1 unspecified atom stereocenters. The Morgan fingerprint density at radius 3 is 2.60 bits per heavy atom. The minimum atomic E-state index is -0.409. The summed E-state index contributed by atoms with van der Waals surface area (Å²) < 4.78 is 6.04. The molecule has 7 nitrogen and oxygen atoms in total. The van der Waals surface area contributed by atoms with Crippen molar-refractivity contribution in [1.29, 1.82) is 0 Å². The van der Waals surface area contributed by atoms with Crippen LogP contribution in [0.3, 0.4) is 0 Å². The molecule has 35 heavy (non-hydrogen) atoms. The van der Waals surface area contributed by atoms with Gasteiger partial charge in [0.15, 0.2) is 5.17 Å². The number of amidine groups is 1. The van der Waals surface area contributed by atoms with E-state index in [0.717, 1.165) is 21.5 Å². The molecule has 2 heterocycles. The topological polar surface area (TPSA) is 94.7 Å². The van der Waals surface area contributed by atoms with Crippen molar-refractivity contribution in [2.24, 2.45) is 10.1 Å². The standard InChI is InChI=1S/C26H20BrN3O4S/c1-34-18-9-6-15(7-10-18)20-14-21(19-4-2-3-5-23(19)32)30(29-20)26-28-25(33)24(35-26)13-16-12-17(27)8-11-22(16)31/h2-13,21,31-32H,14H2,1H3/b24-13-. The van der Waals surface area contributed by atoms with Crippen LogP contribution in [0, 0.1) is 0 Å². The molecule has 2 aliphatic heterocycles. The summed E-state index contributed by atoms with van der Waals surface area (Å²) >= 11 is 4.57. The Morgan fingerprint density at radius 1 is 1.09 bits per heavy atom. The third kappa shape index (κ3) is 4.69. The minimum Gasteiger partial charge on any atom is -0.508 e. The van der Waals surface area contributed by atoms with Crippen LogP contribution in [0.25, 0.3) is 6.08 Å². The van der Waals surface area contributed by atoms with E-state index in [2.05, 4.69) is 20.9 Å². The Hall–Kier alpha value is -3.56. The molecule has 9 heteroatoms. The maximum Gasteiger partial charge on any atom is 0.286 e. The van der Waals surface area contributed by atoms with Gasteiger partial charge in [-0.3, -0.25) is 4.79 Å². The van der Waals surface area contributed by atoms with E-state index in [-0.39, 0.29) is 17.5 Å². The number of phenolic OH excluding ortho intramolecular Hbond substituents is 2. The molecule has 2 N–H and O–H groups in total. The first kappa shape index (κ1) is 23.2. The van der Waals surface area contributed by atoms with E-state index in [1.807, 2.05) is 36.4 Å². The number of amides is 1. The van der Waals surface area contributed by atoms with Crippen molar-refractivity contribution in [2.45, 2.75) is 12.5 Å². The van der Waals surface area contributed by atoms with Gasteiger partial charge in [0.1, 0.15) is 17.2 Å². The van der Waals surface area contributed by atoms with Crippen LogP contribution in [0.15, 0.2) is 86.2 Å². The quantitative estimate of drug-likeness (QED) is 0.406. The van der Waals surface area contributed by atoms with E-state index >= 15 is 0 Å². The molecule has 0 aromatic heterocycles. The Labute approximate surface area is 214 Å². The number of nitrogens with zero attached hydrogens (tertiary/aromatic N) is 3. The van der Waals surface area contributed by atoms with E-state index in [1.54, 1.807) is 48.5 Å². The van der Waals surface area contributed by atoms with Gasteiger partial charge < -0.3 is 14.9 Å². The SMILES string of the molecule is COc1ccc(C2=NN(C3=NC(=O)/C(=C/c4cc(Br)ccc4O)S3)C(c3ccccc3O)C2)cc1. The van der Waals surface area contributed by atoms with Crippen molar-refractivity contribution in [3.63, 3.8) is 0 Å². The molecular weight excluding hydrogens is 530 g/mol. The summed E-state index contributed by atoms with van der Waals surface area (Å²) in [6.07, 6.45) is 2.13. The largest absolute Gasteiger partial charge is 0.508 e. The van der Waals surface area contributed by atoms with Gasteiger partial charge in [0, 0.05) is 22.0 Å². The van der Waals surface area contributed by atoms with E-state index in [0.29, 0.717) is 27.6 Å². The molecule has 0 saturated carbocycles.